The fourth-order valence-electron chi connectivity index (χ4n) is 2.10. The molecule has 4 heteroatoms. The number of nitrogens with one attached hydrogen (secondary N) is 1. The zero-order valence-electron chi connectivity index (χ0n) is 10.2. The summed E-state index contributed by atoms with van der Waals surface area (Å²) >= 11 is 0. The minimum Gasteiger partial charge on any atom is -0.386 e. The lowest BCUT2D eigenvalue weighted by atomic mass is 10.2. The molecule has 0 aliphatic rings. The summed E-state index contributed by atoms with van der Waals surface area (Å²) in [6.45, 7) is 0.812. The molecule has 2 aromatic heterocycles. The molecular weight excluding hydrogens is 224 g/mol. The lowest BCUT2D eigenvalue weighted by Crippen LogP contribution is -1.98. The molecule has 0 spiro atoms. The third-order valence-corrected chi connectivity index (χ3v) is 3.02. The average Bonchev–Trinajstić information content (AvgIpc) is 2.83. The van der Waals surface area contributed by atoms with Crippen molar-refractivity contribution in [2.75, 3.05) is 12.4 Å². The molecule has 0 fully saturated rings. The van der Waals surface area contributed by atoms with Crippen LogP contribution in [0.15, 0.2) is 49.1 Å². The molecule has 2 heterocycles. The topological polar surface area (TPSA) is 42.7 Å². The Balaban J connectivity index is 2.03. The van der Waals surface area contributed by atoms with E-state index in [0.29, 0.717) is 0 Å². The van der Waals surface area contributed by atoms with E-state index in [1.54, 1.807) is 0 Å². The first-order valence-electron chi connectivity index (χ1n) is 5.89. The van der Waals surface area contributed by atoms with E-state index in [0.717, 1.165) is 23.3 Å². The highest BCUT2D eigenvalue weighted by Gasteiger charge is 2.06. The van der Waals surface area contributed by atoms with Gasteiger partial charge in [-0.15, -0.1) is 0 Å². The summed E-state index contributed by atoms with van der Waals surface area (Å²) in [4.78, 5) is 8.50. The van der Waals surface area contributed by atoms with Crippen molar-refractivity contribution in [3.63, 3.8) is 0 Å². The van der Waals surface area contributed by atoms with Crippen LogP contribution < -0.4 is 5.32 Å². The Hall–Kier alpha value is -2.36. The molecule has 0 radical (unpaired) electrons. The van der Waals surface area contributed by atoms with E-state index in [-0.39, 0.29) is 0 Å². The average molecular weight is 238 g/mol. The first-order chi connectivity index (χ1) is 8.88. The molecule has 1 aromatic carbocycles. The maximum atomic E-state index is 4.47. The Morgan fingerprint density at radius 2 is 2.00 bits per heavy atom. The van der Waals surface area contributed by atoms with Gasteiger partial charge in [-0.3, -0.25) is 4.98 Å². The second-order valence-corrected chi connectivity index (χ2v) is 4.15. The fourth-order valence-corrected chi connectivity index (χ4v) is 2.10. The van der Waals surface area contributed by atoms with Gasteiger partial charge in [0.15, 0.2) is 0 Å². The monoisotopic (exact) mass is 238 g/mol. The summed E-state index contributed by atoms with van der Waals surface area (Å²) in [6.07, 6.45) is 5.51. The van der Waals surface area contributed by atoms with Gasteiger partial charge in [0.05, 0.1) is 17.5 Å². The quantitative estimate of drug-likeness (QED) is 0.762. The van der Waals surface area contributed by atoms with Crippen LogP contribution in [0.1, 0.15) is 5.56 Å². The highest BCUT2D eigenvalue weighted by Crippen LogP contribution is 2.21. The van der Waals surface area contributed by atoms with E-state index in [2.05, 4.69) is 25.9 Å². The Labute approximate surface area is 105 Å². The van der Waals surface area contributed by atoms with Crippen LogP contribution in [0.2, 0.25) is 0 Å². The molecule has 3 rings (SSSR count). The summed E-state index contributed by atoms with van der Waals surface area (Å²) in [5.74, 6) is 0. The number of hydrogen-bond donors (Lipinski definition) is 1. The van der Waals surface area contributed by atoms with E-state index >= 15 is 0 Å². The third kappa shape index (κ3) is 1.82. The minimum atomic E-state index is 0.812. The van der Waals surface area contributed by atoms with Gasteiger partial charge in [-0.1, -0.05) is 6.07 Å². The van der Waals surface area contributed by atoms with Gasteiger partial charge in [0.2, 0.25) is 0 Å². The first kappa shape index (κ1) is 10.8. The molecule has 4 nitrogen and oxygen atoms in total. The van der Waals surface area contributed by atoms with Crippen molar-refractivity contribution >= 4 is 16.7 Å². The Morgan fingerprint density at radius 3 is 2.78 bits per heavy atom. The van der Waals surface area contributed by atoms with Crippen LogP contribution >= 0.6 is 0 Å². The molecular formula is C14H14N4. The maximum absolute atomic E-state index is 4.47. The van der Waals surface area contributed by atoms with Crippen LogP contribution in [0, 0.1) is 0 Å². The highest BCUT2D eigenvalue weighted by atomic mass is 15.1. The molecule has 0 unspecified atom stereocenters. The molecule has 0 saturated heterocycles. The van der Waals surface area contributed by atoms with Crippen molar-refractivity contribution in [3.05, 3.63) is 54.6 Å². The Morgan fingerprint density at radius 1 is 1.17 bits per heavy atom. The van der Waals surface area contributed by atoms with Crippen molar-refractivity contribution in [2.24, 2.45) is 0 Å². The van der Waals surface area contributed by atoms with Crippen LogP contribution in [0.4, 0.5) is 5.69 Å². The molecule has 0 amide bonds. The summed E-state index contributed by atoms with van der Waals surface area (Å²) < 4.78 is 2.14. The molecule has 0 aliphatic heterocycles. The predicted molar refractivity (Wildman–Crippen MR) is 72.6 cm³/mol. The van der Waals surface area contributed by atoms with E-state index in [1.807, 2.05) is 50.0 Å². The van der Waals surface area contributed by atoms with Crippen molar-refractivity contribution < 1.29 is 0 Å². The Kier molecular flexibility index (Phi) is 2.68. The van der Waals surface area contributed by atoms with Crippen LogP contribution in [0.5, 0.6) is 0 Å². The summed E-state index contributed by atoms with van der Waals surface area (Å²) in [7, 11) is 1.91. The smallest absolute Gasteiger partial charge is 0.112 e. The van der Waals surface area contributed by atoms with E-state index in [4.69, 9.17) is 0 Å². The van der Waals surface area contributed by atoms with Crippen LogP contribution in [0.3, 0.4) is 0 Å². The van der Waals surface area contributed by atoms with E-state index < -0.39 is 0 Å². The first-order valence-corrected chi connectivity index (χ1v) is 5.89. The van der Waals surface area contributed by atoms with Gasteiger partial charge in [-0.05, 0) is 29.8 Å². The summed E-state index contributed by atoms with van der Waals surface area (Å²) in [6, 6.07) is 10.2. The Bertz CT molecular complexity index is 658. The van der Waals surface area contributed by atoms with E-state index in [1.165, 1.54) is 5.56 Å². The van der Waals surface area contributed by atoms with Gasteiger partial charge in [-0.2, -0.15) is 0 Å². The van der Waals surface area contributed by atoms with Gasteiger partial charge >= 0.3 is 0 Å². The number of aromatic nitrogens is 3. The number of para-hydroxylation sites is 1. The van der Waals surface area contributed by atoms with Crippen molar-refractivity contribution in [3.8, 4) is 0 Å². The number of anilines is 1. The van der Waals surface area contributed by atoms with Crippen molar-refractivity contribution in [1.82, 2.24) is 14.5 Å². The molecule has 0 bridgehead atoms. The number of fused-ring (bicyclic) bond motifs is 1. The molecule has 0 atom stereocenters. The van der Waals surface area contributed by atoms with E-state index in [9.17, 15) is 0 Å². The summed E-state index contributed by atoms with van der Waals surface area (Å²) in [5.41, 5.74) is 4.42. The second kappa shape index (κ2) is 4.49. The third-order valence-electron chi connectivity index (χ3n) is 3.02. The lowest BCUT2D eigenvalue weighted by Gasteiger charge is -2.05. The van der Waals surface area contributed by atoms with Gasteiger partial charge in [-0.25, -0.2) is 4.98 Å². The maximum Gasteiger partial charge on any atom is 0.112 e. The van der Waals surface area contributed by atoms with Gasteiger partial charge in [0.1, 0.15) is 5.52 Å². The predicted octanol–water partition coefficient (Wildman–Crippen LogP) is 2.52. The molecule has 3 aromatic rings. The minimum absolute atomic E-state index is 0.812. The zero-order chi connectivity index (χ0) is 12.4. The number of hydrogen-bond acceptors (Lipinski definition) is 3. The lowest BCUT2D eigenvalue weighted by molar-refractivity contribution is 0.822. The molecule has 1 N–H and O–H groups in total. The largest absolute Gasteiger partial charge is 0.386 e. The van der Waals surface area contributed by atoms with Crippen LogP contribution in [0.25, 0.3) is 11.0 Å². The molecule has 0 saturated carbocycles. The number of benzene rings is 1. The number of imidazole rings is 1. The SMILES string of the molecule is CNc1cccc2c1ncn2Cc1ccncc1. The number of rotatable bonds is 3. The van der Waals surface area contributed by atoms with Gasteiger partial charge in [0, 0.05) is 26.0 Å². The van der Waals surface area contributed by atoms with Gasteiger partial charge < -0.3 is 9.88 Å². The number of pyridine rings is 1. The number of nitrogens with zero attached hydrogens (tertiary/aromatic N) is 3. The fraction of sp³-hybridized carbons (Fsp3) is 0.143. The zero-order valence-corrected chi connectivity index (χ0v) is 10.2. The molecule has 18 heavy (non-hydrogen) atoms. The normalized spacial score (nSPS) is 10.7. The van der Waals surface area contributed by atoms with Crippen molar-refractivity contribution in [1.29, 1.82) is 0 Å². The molecule has 0 aliphatic carbocycles. The van der Waals surface area contributed by atoms with Gasteiger partial charge in [0.25, 0.3) is 0 Å². The second-order valence-electron chi connectivity index (χ2n) is 4.15. The van der Waals surface area contributed by atoms with Crippen molar-refractivity contribution in [2.45, 2.75) is 6.54 Å². The van der Waals surface area contributed by atoms with Crippen LogP contribution in [-0.2, 0) is 6.54 Å². The molecule has 90 valence electrons. The highest BCUT2D eigenvalue weighted by molar-refractivity contribution is 5.88. The van der Waals surface area contributed by atoms with Crippen LogP contribution in [-0.4, -0.2) is 21.6 Å². The standard InChI is InChI=1S/C14H14N4/c1-15-12-3-2-4-13-14(12)17-10-18(13)9-11-5-7-16-8-6-11/h2-8,10,15H,9H2,1H3. The summed E-state index contributed by atoms with van der Waals surface area (Å²) in [5, 5.41) is 3.16.